The monoisotopic (exact) mass is 442 g/mol. The van der Waals surface area contributed by atoms with Crippen LogP contribution in [0.4, 0.5) is 5.69 Å². The first-order valence-corrected chi connectivity index (χ1v) is 10.7. The number of nitrogens with one attached hydrogen (secondary N) is 1. The summed E-state index contributed by atoms with van der Waals surface area (Å²) in [5, 5.41) is 3.66. The molecule has 1 aromatic heterocycles. The van der Waals surface area contributed by atoms with Crippen molar-refractivity contribution in [3.05, 3.63) is 64.0 Å². The SMILES string of the molecule is O=C(CNC(=O)c1sc2ccccc2c1Cl)OCC(=O)N1CCCc2ccccc21. The highest BCUT2D eigenvalue weighted by Gasteiger charge is 2.23. The summed E-state index contributed by atoms with van der Waals surface area (Å²) < 4.78 is 5.96. The smallest absolute Gasteiger partial charge is 0.325 e. The first-order valence-electron chi connectivity index (χ1n) is 9.53. The van der Waals surface area contributed by atoms with Gasteiger partial charge in [0.25, 0.3) is 11.8 Å². The van der Waals surface area contributed by atoms with Crippen LogP contribution >= 0.6 is 22.9 Å². The van der Waals surface area contributed by atoms with Gasteiger partial charge >= 0.3 is 5.97 Å². The van der Waals surface area contributed by atoms with Crippen molar-refractivity contribution in [1.29, 1.82) is 0 Å². The summed E-state index contributed by atoms with van der Waals surface area (Å²) in [6, 6.07) is 15.1. The minimum atomic E-state index is -0.681. The molecule has 0 radical (unpaired) electrons. The number of carbonyl (C=O) groups is 3. The Labute approximate surface area is 182 Å². The Morgan fingerprint density at radius 2 is 1.87 bits per heavy atom. The van der Waals surface area contributed by atoms with E-state index in [1.165, 1.54) is 11.3 Å². The van der Waals surface area contributed by atoms with Crippen molar-refractivity contribution in [3.63, 3.8) is 0 Å². The first kappa shape index (κ1) is 20.4. The Balaban J connectivity index is 1.30. The molecule has 154 valence electrons. The molecule has 0 saturated carbocycles. The average molecular weight is 443 g/mol. The normalized spacial score (nSPS) is 13.0. The van der Waals surface area contributed by atoms with Gasteiger partial charge in [0, 0.05) is 22.3 Å². The summed E-state index contributed by atoms with van der Waals surface area (Å²) in [7, 11) is 0. The highest BCUT2D eigenvalue weighted by atomic mass is 35.5. The molecule has 1 aliphatic rings. The molecule has 8 heteroatoms. The summed E-state index contributed by atoms with van der Waals surface area (Å²) in [6.07, 6.45) is 1.79. The van der Waals surface area contributed by atoms with E-state index >= 15 is 0 Å². The van der Waals surface area contributed by atoms with Crippen LogP contribution in [0.25, 0.3) is 10.1 Å². The minimum absolute atomic E-state index is 0.283. The third kappa shape index (κ3) is 4.17. The number of anilines is 1. The van der Waals surface area contributed by atoms with Gasteiger partial charge in [-0.3, -0.25) is 14.4 Å². The molecule has 0 unspecified atom stereocenters. The molecule has 4 rings (SSSR count). The van der Waals surface area contributed by atoms with Crippen molar-refractivity contribution in [2.45, 2.75) is 12.8 Å². The van der Waals surface area contributed by atoms with Crippen LogP contribution in [0.5, 0.6) is 0 Å². The molecular weight excluding hydrogens is 424 g/mol. The highest BCUT2D eigenvalue weighted by molar-refractivity contribution is 7.21. The topological polar surface area (TPSA) is 75.7 Å². The van der Waals surface area contributed by atoms with E-state index in [1.54, 1.807) is 4.90 Å². The molecule has 2 heterocycles. The van der Waals surface area contributed by atoms with E-state index in [9.17, 15) is 14.4 Å². The number of halogens is 1. The molecule has 30 heavy (non-hydrogen) atoms. The number of hydrogen-bond acceptors (Lipinski definition) is 5. The lowest BCUT2D eigenvalue weighted by atomic mass is 10.0. The first-order chi connectivity index (χ1) is 14.5. The predicted molar refractivity (Wildman–Crippen MR) is 117 cm³/mol. The second kappa shape index (κ2) is 8.85. The zero-order chi connectivity index (χ0) is 21.1. The quantitative estimate of drug-likeness (QED) is 0.610. The molecule has 0 saturated heterocycles. The van der Waals surface area contributed by atoms with Gasteiger partial charge in [0.1, 0.15) is 11.4 Å². The van der Waals surface area contributed by atoms with Gasteiger partial charge in [-0.25, -0.2) is 0 Å². The third-order valence-corrected chi connectivity index (χ3v) is 6.58. The lowest BCUT2D eigenvalue weighted by Gasteiger charge is -2.29. The Hall–Kier alpha value is -2.90. The van der Waals surface area contributed by atoms with E-state index in [1.807, 2.05) is 48.5 Å². The number of aryl methyl sites for hydroxylation is 1. The lowest BCUT2D eigenvalue weighted by molar-refractivity contribution is -0.146. The number of ether oxygens (including phenoxy) is 1. The van der Waals surface area contributed by atoms with Gasteiger partial charge in [-0.05, 0) is 30.5 Å². The number of esters is 1. The average Bonchev–Trinajstić information content (AvgIpc) is 3.12. The Morgan fingerprint density at radius 3 is 2.70 bits per heavy atom. The molecule has 0 fully saturated rings. The van der Waals surface area contributed by atoms with E-state index in [0.29, 0.717) is 16.4 Å². The molecular formula is C22H19ClN2O4S. The summed E-state index contributed by atoms with van der Waals surface area (Å²) in [4.78, 5) is 38.9. The van der Waals surface area contributed by atoms with Crippen molar-refractivity contribution in [2.24, 2.45) is 0 Å². The van der Waals surface area contributed by atoms with Gasteiger partial charge in [0.05, 0.1) is 5.02 Å². The molecule has 0 spiro atoms. The van der Waals surface area contributed by atoms with Gasteiger partial charge in [0.2, 0.25) is 0 Å². The van der Waals surface area contributed by atoms with Crippen LogP contribution in [-0.2, 0) is 20.7 Å². The number of rotatable bonds is 5. The number of thiophene rings is 1. The van der Waals surface area contributed by atoms with Crippen molar-refractivity contribution >= 4 is 56.5 Å². The molecule has 0 atom stereocenters. The number of para-hydroxylation sites is 1. The number of benzene rings is 2. The zero-order valence-corrected chi connectivity index (χ0v) is 17.6. The van der Waals surface area contributed by atoms with Crippen molar-refractivity contribution in [1.82, 2.24) is 5.32 Å². The third-order valence-electron chi connectivity index (χ3n) is 4.90. The largest absolute Gasteiger partial charge is 0.454 e. The molecule has 0 aliphatic carbocycles. The van der Waals surface area contributed by atoms with Gasteiger partial charge in [-0.2, -0.15) is 0 Å². The van der Waals surface area contributed by atoms with Crippen LogP contribution in [0.15, 0.2) is 48.5 Å². The van der Waals surface area contributed by atoms with E-state index in [2.05, 4.69) is 5.32 Å². The van der Waals surface area contributed by atoms with Crippen LogP contribution < -0.4 is 10.2 Å². The Bertz CT molecular complexity index is 1130. The molecule has 6 nitrogen and oxygen atoms in total. The number of nitrogens with zero attached hydrogens (tertiary/aromatic N) is 1. The Kier molecular flexibility index (Phi) is 6.01. The Morgan fingerprint density at radius 1 is 1.10 bits per heavy atom. The second-order valence-corrected chi connectivity index (χ2v) is 8.29. The fourth-order valence-corrected chi connectivity index (χ4v) is 4.89. The van der Waals surface area contributed by atoms with E-state index < -0.39 is 11.9 Å². The maximum atomic E-state index is 12.5. The maximum absolute atomic E-state index is 12.5. The number of amides is 2. The zero-order valence-electron chi connectivity index (χ0n) is 16.0. The van der Waals surface area contributed by atoms with E-state index in [-0.39, 0.29) is 19.1 Å². The summed E-state index contributed by atoms with van der Waals surface area (Å²) >= 11 is 7.54. The van der Waals surface area contributed by atoms with Crippen molar-refractivity contribution in [2.75, 3.05) is 24.6 Å². The van der Waals surface area contributed by atoms with Crippen LogP contribution in [0.1, 0.15) is 21.7 Å². The van der Waals surface area contributed by atoms with Gasteiger partial charge in [-0.15, -0.1) is 11.3 Å². The summed E-state index contributed by atoms with van der Waals surface area (Å²) in [5.74, 6) is -1.41. The molecule has 2 amide bonds. The van der Waals surface area contributed by atoms with Crippen LogP contribution in [0, 0.1) is 0 Å². The second-order valence-electron chi connectivity index (χ2n) is 6.86. The molecule has 2 aromatic carbocycles. The molecule has 3 aromatic rings. The van der Waals surface area contributed by atoms with Crippen LogP contribution in [0.2, 0.25) is 5.02 Å². The maximum Gasteiger partial charge on any atom is 0.325 e. The van der Waals surface area contributed by atoms with E-state index in [4.69, 9.17) is 16.3 Å². The van der Waals surface area contributed by atoms with Crippen LogP contribution in [-0.4, -0.2) is 37.5 Å². The summed E-state index contributed by atoms with van der Waals surface area (Å²) in [6.45, 7) is -0.117. The molecule has 1 N–H and O–H groups in total. The van der Waals surface area contributed by atoms with Crippen molar-refractivity contribution < 1.29 is 19.1 Å². The fraction of sp³-hybridized carbons (Fsp3) is 0.227. The fourth-order valence-electron chi connectivity index (χ4n) is 3.46. The number of hydrogen-bond donors (Lipinski definition) is 1. The number of carbonyl (C=O) groups excluding carboxylic acids is 3. The minimum Gasteiger partial charge on any atom is -0.454 e. The van der Waals surface area contributed by atoms with Crippen molar-refractivity contribution in [3.8, 4) is 0 Å². The summed E-state index contributed by atoms with van der Waals surface area (Å²) in [5.41, 5.74) is 1.97. The van der Waals surface area contributed by atoms with Crippen LogP contribution in [0.3, 0.4) is 0 Å². The van der Waals surface area contributed by atoms with Gasteiger partial charge < -0.3 is 15.0 Å². The standard InChI is InChI=1S/C22H19ClN2O4S/c23-20-15-8-2-4-10-17(15)30-21(20)22(28)24-12-19(27)29-13-18(26)25-11-5-7-14-6-1-3-9-16(14)25/h1-4,6,8-10H,5,7,11-13H2,(H,24,28). The highest BCUT2D eigenvalue weighted by Crippen LogP contribution is 2.35. The lowest BCUT2D eigenvalue weighted by Crippen LogP contribution is -2.39. The molecule has 1 aliphatic heterocycles. The van der Waals surface area contributed by atoms with Gasteiger partial charge in [-0.1, -0.05) is 48.0 Å². The number of fused-ring (bicyclic) bond motifs is 2. The van der Waals surface area contributed by atoms with E-state index in [0.717, 1.165) is 34.2 Å². The van der Waals surface area contributed by atoms with Gasteiger partial charge in [0.15, 0.2) is 6.61 Å². The molecule has 0 bridgehead atoms. The predicted octanol–water partition coefficient (Wildman–Crippen LogP) is 3.81.